The highest BCUT2D eigenvalue weighted by Crippen LogP contribution is 2.34. The van der Waals surface area contributed by atoms with Gasteiger partial charge in [0.1, 0.15) is 6.04 Å². The van der Waals surface area contributed by atoms with Crippen LogP contribution in [-0.4, -0.2) is 23.5 Å². The van der Waals surface area contributed by atoms with Crippen molar-refractivity contribution >= 4 is 17.6 Å². The quantitative estimate of drug-likeness (QED) is 0.751. The van der Waals surface area contributed by atoms with Crippen molar-refractivity contribution in [3.8, 4) is 0 Å². The first-order valence-electron chi connectivity index (χ1n) is 5.86. The standard InChI is InChI=1S/C13H16N2O3/c1-7-5-8(2)11-9(6-7)12(13(18)15-11)14-4-3-10(16)17/h5-6,12,14H,3-4H2,1-2H3,(H,15,18)(H,16,17). The lowest BCUT2D eigenvalue weighted by molar-refractivity contribution is -0.137. The van der Waals surface area contributed by atoms with Crippen LogP contribution in [0.5, 0.6) is 0 Å². The largest absolute Gasteiger partial charge is 0.481 e. The van der Waals surface area contributed by atoms with E-state index in [1.54, 1.807) is 0 Å². The molecule has 96 valence electrons. The number of amides is 1. The summed E-state index contributed by atoms with van der Waals surface area (Å²) in [6.07, 6.45) is 0.00388. The zero-order valence-corrected chi connectivity index (χ0v) is 10.4. The molecule has 5 heteroatoms. The Hall–Kier alpha value is -1.88. The van der Waals surface area contributed by atoms with E-state index in [2.05, 4.69) is 10.6 Å². The van der Waals surface area contributed by atoms with Crippen LogP contribution >= 0.6 is 0 Å². The zero-order chi connectivity index (χ0) is 13.3. The molecular weight excluding hydrogens is 232 g/mol. The van der Waals surface area contributed by atoms with Crippen LogP contribution < -0.4 is 10.6 Å². The number of carbonyl (C=O) groups excluding carboxylic acids is 1. The Morgan fingerprint density at radius 2 is 2.17 bits per heavy atom. The van der Waals surface area contributed by atoms with E-state index in [1.807, 2.05) is 26.0 Å². The number of hydrogen-bond donors (Lipinski definition) is 3. The number of anilines is 1. The molecule has 5 nitrogen and oxygen atoms in total. The van der Waals surface area contributed by atoms with Gasteiger partial charge in [0, 0.05) is 17.8 Å². The molecule has 1 aliphatic heterocycles. The van der Waals surface area contributed by atoms with Crippen LogP contribution in [-0.2, 0) is 9.59 Å². The number of nitrogens with one attached hydrogen (secondary N) is 2. The van der Waals surface area contributed by atoms with Crippen LogP contribution in [0.1, 0.15) is 29.2 Å². The lowest BCUT2D eigenvalue weighted by Gasteiger charge is -2.11. The fourth-order valence-electron chi connectivity index (χ4n) is 2.26. The van der Waals surface area contributed by atoms with Crippen molar-refractivity contribution in [3.05, 3.63) is 28.8 Å². The van der Waals surface area contributed by atoms with Gasteiger partial charge in [-0.15, -0.1) is 0 Å². The molecule has 2 rings (SSSR count). The first-order chi connectivity index (χ1) is 8.49. The van der Waals surface area contributed by atoms with Crippen molar-refractivity contribution in [3.63, 3.8) is 0 Å². The number of carboxylic acid groups (broad SMARTS) is 1. The number of benzene rings is 1. The van der Waals surface area contributed by atoms with Gasteiger partial charge in [-0.3, -0.25) is 9.59 Å². The van der Waals surface area contributed by atoms with E-state index < -0.39 is 12.0 Å². The average Bonchev–Trinajstić information content (AvgIpc) is 2.56. The smallest absolute Gasteiger partial charge is 0.304 e. The van der Waals surface area contributed by atoms with E-state index in [-0.39, 0.29) is 18.9 Å². The molecule has 0 spiro atoms. The predicted octanol–water partition coefficient (Wildman–Crippen LogP) is 1.36. The second kappa shape index (κ2) is 4.78. The Morgan fingerprint density at radius 3 is 2.83 bits per heavy atom. The second-order valence-corrected chi connectivity index (χ2v) is 4.57. The van der Waals surface area contributed by atoms with Crippen molar-refractivity contribution in [1.29, 1.82) is 0 Å². The van der Waals surface area contributed by atoms with Gasteiger partial charge in [-0.1, -0.05) is 17.7 Å². The van der Waals surface area contributed by atoms with Crippen molar-refractivity contribution in [2.24, 2.45) is 0 Å². The third-order valence-corrected chi connectivity index (χ3v) is 3.02. The van der Waals surface area contributed by atoms with Crippen LogP contribution in [0.3, 0.4) is 0 Å². The minimum Gasteiger partial charge on any atom is -0.481 e. The van der Waals surface area contributed by atoms with Crippen LogP contribution in [0.25, 0.3) is 0 Å². The molecule has 0 saturated carbocycles. The highest BCUT2D eigenvalue weighted by molar-refractivity contribution is 6.03. The zero-order valence-electron chi connectivity index (χ0n) is 10.4. The molecule has 0 bridgehead atoms. The summed E-state index contributed by atoms with van der Waals surface area (Å²) in [4.78, 5) is 22.3. The van der Waals surface area contributed by atoms with Crippen LogP contribution in [0.2, 0.25) is 0 Å². The molecule has 0 saturated heterocycles. The highest BCUT2D eigenvalue weighted by Gasteiger charge is 2.31. The van der Waals surface area contributed by atoms with E-state index in [1.165, 1.54) is 0 Å². The number of carboxylic acids is 1. The Labute approximate surface area is 105 Å². The monoisotopic (exact) mass is 248 g/mol. The average molecular weight is 248 g/mol. The van der Waals surface area contributed by atoms with E-state index in [4.69, 9.17) is 5.11 Å². The first-order valence-corrected chi connectivity index (χ1v) is 5.86. The molecule has 1 heterocycles. The topological polar surface area (TPSA) is 78.4 Å². The van der Waals surface area contributed by atoms with Crippen LogP contribution in [0.4, 0.5) is 5.69 Å². The summed E-state index contributed by atoms with van der Waals surface area (Å²) in [5, 5.41) is 14.4. The minimum atomic E-state index is -0.874. The molecular formula is C13H16N2O3. The third-order valence-electron chi connectivity index (χ3n) is 3.02. The maximum Gasteiger partial charge on any atom is 0.304 e. The molecule has 0 aromatic heterocycles. The van der Waals surface area contributed by atoms with E-state index in [0.717, 1.165) is 22.4 Å². The number of rotatable bonds is 4. The maximum atomic E-state index is 11.8. The SMILES string of the molecule is Cc1cc(C)c2c(c1)C(NCCC(=O)O)C(=O)N2. The molecule has 1 atom stereocenters. The van der Waals surface area contributed by atoms with Gasteiger partial charge in [-0.2, -0.15) is 0 Å². The van der Waals surface area contributed by atoms with Gasteiger partial charge in [0.05, 0.1) is 6.42 Å². The molecule has 1 aliphatic rings. The van der Waals surface area contributed by atoms with Gasteiger partial charge >= 0.3 is 5.97 Å². The Bertz CT molecular complexity index is 511. The molecule has 0 fully saturated rings. The molecule has 1 aromatic carbocycles. The van der Waals surface area contributed by atoms with Crippen molar-refractivity contribution in [2.75, 3.05) is 11.9 Å². The summed E-state index contributed by atoms with van der Waals surface area (Å²) in [5.41, 5.74) is 3.87. The molecule has 1 aromatic rings. The summed E-state index contributed by atoms with van der Waals surface area (Å²) in [5.74, 6) is -0.995. The fraction of sp³-hybridized carbons (Fsp3) is 0.385. The summed E-state index contributed by atoms with van der Waals surface area (Å²) < 4.78 is 0. The summed E-state index contributed by atoms with van der Waals surface area (Å²) in [7, 11) is 0. The number of aryl methyl sites for hydroxylation is 2. The second-order valence-electron chi connectivity index (χ2n) is 4.57. The number of fused-ring (bicyclic) bond motifs is 1. The molecule has 0 radical (unpaired) electrons. The molecule has 1 amide bonds. The number of hydrogen-bond acceptors (Lipinski definition) is 3. The molecule has 18 heavy (non-hydrogen) atoms. The van der Waals surface area contributed by atoms with Gasteiger partial charge in [0.15, 0.2) is 0 Å². The van der Waals surface area contributed by atoms with Crippen molar-refractivity contribution in [1.82, 2.24) is 5.32 Å². The predicted molar refractivity (Wildman–Crippen MR) is 67.5 cm³/mol. The van der Waals surface area contributed by atoms with Crippen molar-refractivity contribution < 1.29 is 14.7 Å². The van der Waals surface area contributed by atoms with E-state index >= 15 is 0 Å². The molecule has 3 N–H and O–H groups in total. The highest BCUT2D eigenvalue weighted by atomic mass is 16.4. The van der Waals surface area contributed by atoms with E-state index in [0.29, 0.717) is 0 Å². The lowest BCUT2D eigenvalue weighted by Crippen LogP contribution is -2.29. The van der Waals surface area contributed by atoms with Gasteiger partial charge in [-0.05, 0) is 19.4 Å². The minimum absolute atomic E-state index is 0.00388. The molecule has 0 aliphatic carbocycles. The number of aliphatic carboxylic acids is 1. The Balaban J connectivity index is 2.19. The third kappa shape index (κ3) is 2.36. The van der Waals surface area contributed by atoms with Gasteiger partial charge in [-0.25, -0.2) is 0 Å². The number of carbonyl (C=O) groups is 2. The summed E-state index contributed by atoms with van der Waals surface area (Å²) >= 11 is 0. The lowest BCUT2D eigenvalue weighted by atomic mass is 10.0. The fourth-order valence-corrected chi connectivity index (χ4v) is 2.26. The van der Waals surface area contributed by atoms with E-state index in [9.17, 15) is 9.59 Å². The first kappa shape index (κ1) is 12.6. The van der Waals surface area contributed by atoms with Crippen molar-refractivity contribution in [2.45, 2.75) is 26.3 Å². The van der Waals surface area contributed by atoms with Gasteiger partial charge in [0.2, 0.25) is 5.91 Å². The normalized spacial score (nSPS) is 17.4. The molecule has 1 unspecified atom stereocenters. The Morgan fingerprint density at radius 1 is 1.44 bits per heavy atom. The summed E-state index contributed by atoms with van der Waals surface area (Å²) in [6, 6.07) is 3.52. The Kier molecular flexibility index (Phi) is 3.34. The van der Waals surface area contributed by atoms with Gasteiger partial charge < -0.3 is 15.7 Å². The van der Waals surface area contributed by atoms with Crippen LogP contribution in [0, 0.1) is 13.8 Å². The maximum absolute atomic E-state index is 11.8. The van der Waals surface area contributed by atoms with Gasteiger partial charge in [0.25, 0.3) is 0 Å². The summed E-state index contributed by atoms with van der Waals surface area (Å²) in [6.45, 7) is 4.20. The van der Waals surface area contributed by atoms with Crippen LogP contribution in [0.15, 0.2) is 12.1 Å².